The van der Waals surface area contributed by atoms with Crippen molar-refractivity contribution < 1.29 is 9.21 Å². The lowest BCUT2D eigenvalue weighted by Gasteiger charge is -2.32. The van der Waals surface area contributed by atoms with Gasteiger partial charge in [-0.15, -0.1) is 12.4 Å². The van der Waals surface area contributed by atoms with E-state index >= 15 is 0 Å². The van der Waals surface area contributed by atoms with Gasteiger partial charge in [0.25, 0.3) is 5.91 Å². The minimum absolute atomic E-state index is 0. The summed E-state index contributed by atoms with van der Waals surface area (Å²) in [5.41, 5.74) is 0.759. The molecule has 1 atom stereocenters. The number of aryl methyl sites for hydroxylation is 1. The Morgan fingerprint density at radius 3 is 2.88 bits per heavy atom. The van der Waals surface area contributed by atoms with Gasteiger partial charge < -0.3 is 14.6 Å². The summed E-state index contributed by atoms with van der Waals surface area (Å²) in [5.74, 6) is -0.238. The van der Waals surface area contributed by atoms with E-state index in [1.807, 2.05) is 19.2 Å². The van der Waals surface area contributed by atoms with Crippen LogP contribution in [0.3, 0.4) is 0 Å². The van der Waals surface area contributed by atoms with Gasteiger partial charge in [0.1, 0.15) is 11.1 Å². The zero-order valence-corrected chi connectivity index (χ0v) is 16.0. The van der Waals surface area contributed by atoms with Crippen LogP contribution in [0.25, 0.3) is 11.0 Å². The summed E-state index contributed by atoms with van der Waals surface area (Å²) in [6.07, 6.45) is 1.97. The molecular weight excluding hydrogens is 396 g/mol. The monoisotopic (exact) mass is 414 g/mol. The number of halogens is 2. The maximum absolute atomic E-state index is 12.9. The molecule has 0 radical (unpaired) electrons. The number of benzene rings is 1. The number of nitrogens with zero attached hydrogens (tertiary/aromatic N) is 1. The van der Waals surface area contributed by atoms with Gasteiger partial charge in [0, 0.05) is 29.0 Å². The molecule has 2 aromatic rings. The van der Waals surface area contributed by atoms with Crippen LogP contribution >= 0.6 is 28.3 Å². The third kappa shape index (κ3) is 3.50. The van der Waals surface area contributed by atoms with E-state index in [1.165, 1.54) is 0 Å². The molecule has 1 N–H and O–H groups in total. The van der Waals surface area contributed by atoms with Crippen molar-refractivity contribution in [2.45, 2.75) is 25.8 Å². The average molecular weight is 416 g/mol. The molecule has 1 aromatic carbocycles. The molecule has 24 heavy (non-hydrogen) atoms. The number of carbonyl (C=O) groups excluding carboxylic acids is 1. The van der Waals surface area contributed by atoms with Crippen molar-refractivity contribution in [2.24, 2.45) is 0 Å². The number of likely N-dealkylation sites (tertiary alicyclic amines) is 1. The molecule has 1 aliphatic rings. The molecule has 2 heterocycles. The molecule has 130 valence electrons. The number of hydrogen-bond acceptors (Lipinski definition) is 4. The topological polar surface area (TPSA) is 62.6 Å². The highest BCUT2D eigenvalue weighted by Crippen LogP contribution is 2.24. The van der Waals surface area contributed by atoms with Crippen LogP contribution in [0.5, 0.6) is 0 Å². The lowest BCUT2D eigenvalue weighted by molar-refractivity contribution is 0.0693. The molecule has 5 nitrogen and oxygen atoms in total. The molecule has 0 aliphatic carbocycles. The Balaban J connectivity index is 0.00000208. The second kappa shape index (κ2) is 7.68. The number of amides is 1. The normalized spacial score (nSPS) is 17.6. The Kier molecular flexibility index (Phi) is 6.06. The lowest BCUT2D eigenvalue weighted by Crippen LogP contribution is -2.48. The van der Waals surface area contributed by atoms with Gasteiger partial charge in [-0.1, -0.05) is 15.9 Å². The molecule has 1 aliphatic heterocycles. The minimum Gasteiger partial charge on any atom is -0.422 e. The summed E-state index contributed by atoms with van der Waals surface area (Å²) >= 11 is 3.42. The zero-order chi connectivity index (χ0) is 16.6. The first-order valence-electron chi connectivity index (χ1n) is 7.70. The number of piperidine rings is 1. The van der Waals surface area contributed by atoms with Crippen LogP contribution in [0.15, 0.2) is 31.9 Å². The zero-order valence-electron chi connectivity index (χ0n) is 13.6. The van der Waals surface area contributed by atoms with Crippen LogP contribution in [0.2, 0.25) is 0 Å². The van der Waals surface area contributed by atoms with Crippen molar-refractivity contribution in [3.8, 4) is 0 Å². The fourth-order valence-corrected chi connectivity index (χ4v) is 3.49. The van der Waals surface area contributed by atoms with Gasteiger partial charge in [0.05, 0.1) is 0 Å². The van der Waals surface area contributed by atoms with Crippen molar-refractivity contribution in [3.63, 3.8) is 0 Å². The maximum atomic E-state index is 12.9. The summed E-state index contributed by atoms with van der Waals surface area (Å²) in [4.78, 5) is 26.9. The van der Waals surface area contributed by atoms with E-state index in [-0.39, 0.29) is 29.9 Å². The fourth-order valence-electron chi connectivity index (χ4n) is 3.13. The third-order valence-corrected chi connectivity index (χ3v) is 4.95. The molecule has 7 heteroatoms. The summed E-state index contributed by atoms with van der Waals surface area (Å²) in [6, 6.07) is 5.69. The van der Waals surface area contributed by atoms with Crippen molar-refractivity contribution in [2.75, 3.05) is 20.1 Å². The first kappa shape index (κ1) is 19.0. The molecular formula is C17H20BrClN2O3. The Hall–Kier alpha value is -1.37. The van der Waals surface area contributed by atoms with Gasteiger partial charge in [-0.2, -0.15) is 0 Å². The van der Waals surface area contributed by atoms with Gasteiger partial charge in [0.2, 0.25) is 0 Å². The number of hydrogen-bond donors (Lipinski definition) is 1. The summed E-state index contributed by atoms with van der Waals surface area (Å²) < 4.78 is 6.24. The van der Waals surface area contributed by atoms with Gasteiger partial charge in [0.15, 0.2) is 0 Å². The van der Waals surface area contributed by atoms with Crippen LogP contribution in [-0.4, -0.2) is 37.0 Å². The average Bonchev–Trinajstić information content (AvgIpc) is 2.55. The van der Waals surface area contributed by atoms with Crippen LogP contribution in [0.1, 0.15) is 28.8 Å². The Morgan fingerprint density at radius 1 is 1.42 bits per heavy atom. The first-order valence-corrected chi connectivity index (χ1v) is 8.50. The minimum atomic E-state index is -0.561. The van der Waals surface area contributed by atoms with Gasteiger partial charge in [-0.3, -0.25) is 4.79 Å². The standard InChI is InChI=1S/C17H19BrN2O3.ClH/c1-10-13-8-11(18)5-6-14(13)23-17(22)15(10)16(21)20-7-3-4-12(9-20)19-2;/h5-6,8,12,19H,3-4,7,9H2,1-2H3;1H. The van der Waals surface area contributed by atoms with E-state index in [2.05, 4.69) is 21.2 Å². The number of fused-ring (bicyclic) bond motifs is 1. The summed E-state index contributed by atoms with van der Waals surface area (Å²) in [7, 11) is 1.89. The number of rotatable bonds is 2. The Bertz CT molecular complexity index is 821. The molecule has 0 saturated carbocycles. The van der Waals surface area contributed by atoms with Crippen LogP contribution in [0, 0.1) is 6.92 Å². The number of carbonyl (C=O) groups is 1. The van der Waals surface area contributed by atoms with Gasteiger partial charge in [-0.25, -0.2) is 4.79 Å². The van der Waals surface area contributed by atoms with E-state index in [0.29, 0.717) is 24.2 Å². The van der Waals surface area contributed by atoms with Gasteiger partial charge in [-0.05, 0) is 50.6 Å². The molecule has 1 aromatic heterocycles. The smallest absolute Gasteiger partial charge is 0.349 e. The predicted octanol–water partition coefficient (Wildman–Crippen LogP) is 3.11. The maximum Gasteiger partial charge on any atom is 0.349 e. The Labute approximate surface area is 154 Å². The van der Waals surface area contributed by atoms with Crippen LogP contribution < -0.4 is 10.9 Å². The number of nitrogens with one attached hydrogen (secondary N) is 1. The lowest BCUT2D eigenvalue weighted by atomic mass is 10.0. The summed E-state index contributed by atoms with van der Waals surface area (Å²) in [5, 5.41) is 3.99. The molecule has 0 spiro atoms. The largest absolute Gasteiger partial charge is 0.422 e. The molecule has 1 unspecified atom stereocenters. The van der Waals surface area contributed by atoms with E-state index in [9.17, 15) is 9.59 Å². The van der Waals surface area contributed by atoms with Crippen molar-refractivity contribution in [1.82, 2.24) is 10.2 Å². The SMILES string of the molecule is CNC1CCCN(C(=O)c2c(C)c3cc(Br)ccc3oc2=O)C1.Cl. The van der Waals surface area contributed by atoms with E-state index < -0.39 is 5.63 Å². The van der Waals surface area contributed by atoms with Gasteiger partial charge >= 0.3 is 5.63 Å². The second-order valence-electron chi connectivity index (χ2n) is 5.91. The van der Waals surface area contributed by atoms with Crippen LogP contribution in [-0.2, 0) is 0 Å². The van der Waals surface area contributed by atoms with Crippen molar-refractivity contribution >= 4 is 45.2 Å². The van der Waals surface area contributed by atoms with Crippen molar-refractivity contribution in [1.29, 1.82) is 0 Å². The first-order chi connectivity index (χ1) is 11.0. The molecule has 3 rings (SSSR count). The molecule has 0 bridgehead atoms. The van der Waals surface area contributed by atoms with E-state index in [1.54, 1.807) is 17.9 Å². The highest BCUT2D eigenvalue weighted by Gasteiger charge is 2.27. The van der Waals surface area contributed by atoms with Crippen LogP contribution in [0.4, 0.5) is 0 Å². The molecule has 1 amide bonds. The fraction of sp³-hybridized carbons (Fsp3) is 0.412. The Morgan fingerprint density at radius 2 is 2.17 bits per heavy atom. The molecule has 1 fully saturated rings. The van der Waals surface area contributed by atoms with Crippen molar-refractivity contribution in [3.05, 3.63) is 44.2 Å². The van der Waals surface area contributed by atoms with E-state index in [4.69, 9.17) is 4.42 Å². The highest BCUT2D eigenvalue weighted by atomic mass is 79.9. The summed E-state index contributed by atoms with van der Waals surface area (Å²) in [6.45, 7) is 3.09. The highest BCUT2D eigenvalue weighted by molar-refractivity contribution is 9.10. The van der Waals surface area contributed by atoms with E-state index in [0.717, 1.165) is 22.7 Å². The number of likely N-dealkylation sites (N-methyl/N-ethyl adjacent to an activating group) is 1. The second-order valence-corrected chi connectivity index (χ2v) is 6.82. The quantitative estimate of drug-likeness (QED) is 0.766. The third-order valence-electron chi connectivity index (χ3n) is 4.46. The molecule has 1 saturated heterocycles. The predicted molar refractivity (Wildman–Crippen MR) is 100 cm³/mol.